The standard InChI is InChI=1S/C15H20N4O4/c1-5-11(19-8-14(22)17(4)15(23)9-19)10(2)18-6-12(20)16(3)13(21)7-18/h1,10-11H,6-9H2,2-4H3/t10-,11+/m0/s1. The first-order valence-electron chi connectivity index (χ1n) is 7.29. The van der Waals surface area contributed by atoms with Crippen LogP contribution in [-0.4, -0.2) is 95.6 Å². The fourth-order valence-corrected chi connectivity index (χ4v) is 2.74. The molecule has 4 amide bonds. The van der Waals surface area contributed by atoms with Gasteiger partial charge in [-0.25, -0.2) is 0 Å². The van der Waals surface area contributed by atoms with Gasteiger partial charge in [-0.15, -0.1) is 6.42 Å². The molecule has 0 radical (unpaired) electrons. The third kappa shape index (κ3) is 3.25. The van der Waals surface area contributed by atoms with Gasteiger partial charge in [0, 0.05) is 20.1 Å². The zero-order valence-electron chi connectivity index (χ0n) is 13.5. The minimum absolute atomic E-state index is 0.0388. The summed E-state index contributed by atoms with van der Waals surface area (Å²) in [7, 11) is 2.89. The highest BCUT2D eigenvalue weighted by Crippen LogP contribution is 2.16. The molecule has 2 heterocycles. The van der Waals surface area contributed by atoms with Crippen molar-refractivity contribution >= 4 is 23.6 Å². The summed E-state index contributed by atoms with van der Waals surface area (Å²) < 4.78 is 0. The number of hydrogen-bond acceptors (Lipinski definition) is 6. The number of likely N-dealkylation sites (N-methyl/N-ethyl adjacent to an activating group) is 2. The lowest BCUT2D eigenvalue weighted by molar-refractivity contribution is -0.154. The quantitative estimate of drug-likeness (QED) is 0.441. The molecule has 23 heavy (non-hydrogen) atoms. The van der Waals surface area contributed by atoms with Crippen molar-refractivity contribution < 1.29 is 19.2 Å². The molecule has 0 bridgehead atoms. The first-order chi connectivity index (χ1) is 10.8. The van der Waals surface area contributed by atoms with Crippen LogP contribution in [0.2, 0.25) is 0 Å². The number of amides is 4. The first kappa shape index (κ1) is 17.1. The van der Waals surface area contributed by atoms with Crippen LogP contribution in [0.15, 0.2) is 0 Å². The maximum absolute atomic E-state index is 11.8. The molecule has 8 heteroatoms. The van der Waals surface area contributed by atoms with E-state index >= 15 is 0 Å². The van der Waals surface area contributed by atoms with Crippen LogP contribution in [0.4, 0.5) is 0 Å². The van der Waals surface area contributed by atoms with Crippen molar-refractivity contribution in [2.75, 3.05) is 40.3 Å². The van der Waals surface area contributed by atoms with Crippen molar-refractivity contribution in [3.63, 3.8) is 0 Å². The Labute approximate surface area is 135 Å². The summed E-state index contributed by atoms with van der Waals surface area (Å²) in [6, 6.07) is -0.883. The van der Waals surface area contributed by atoms with E-state index in [1.54, 1.807) is 16.7 Å². The minimum atomic E-state index is -0.541. The van der Waals surface area contributed by atoms with Crippen molar-refractivity contribution in [1.29, 1.82) is 0 Å². The van der Waals surface area contributed by atoms with Gasteiger partial charge in [-0.05, 0) is 6.92 Å². The molecule has 124 valence electrons. The Morgan fingerprint density at radius 1 is 0.826 bits per heavy atom. The van der Waals surface area contributed by atoms with Crippen molar-refractivity contribution in [2.45, 2.75) is 19.0 Å². The SMILES string of the molecule is C#C[C@H]([C@H](C)N1CC(=O)N(C)C(=O)C1)N1CC(=O)N(C)C(=O)C1. The molecular weight excluding hydrogens is 300 g/mol. The van der Waals surface area contributed by atoms with E-state index < -0.39 is 6.04 Å². The molecule has 2 saturated heterocycles. The summed E-state index contributed by atoms with van der Waals surface area (Å²) in [5.41, 5.74) is 0. The summed E-state index contributed by atoms with van der Waals surface area (Å²) in [4.78, 5) is 52.8. The molecule has 2 atom stereocenters. The molecule has 0 unspecified atom stereocenters. The molecule has 2 aliphatic rings. The zero-order chi connectivity index (χ0) is 17.3. The Morgan fingerprint density at radius 2 is 1.17 bits per heavy atom. The molecule has 2 fully saturated rings. The van der Waals surface area contributed by atoms with Crippen molar-refractivity contribution in [3.05, 3.63) is 0 Å². The Hall–Kier alpha value is -2.24. The Balaban J connectivity index is 2.13. The largest absolute Gasteiger partial charge is 0.284 e. The predicted octanol–water partition coefficient (Wildman–Crippen LogP) is -2.02. The number of carbonyl (C=O) groups excluding carboxylic acids is 4. The van der Waals surface area contributed by atoms with Crippen LogP contribution >= 0.6 is 0 Å². The van der Waals surface area contributed by atoms with Crippen LogP contribution in [-0.2, 0) is 19.2 Å². The number of terminal acetylenes is 1. The van der Waals surface area contributed by atoms with Gasteiger partial charge in [0.15, 0.2) is 0 Å². The summed E-state index contributed by atoms with van der Waals surface area (Å²) in [5.74, 6) is 1.36. The molecule has 0 aromatic carbocycles. The fourth-order valence-electron chi connectivity index (χ4n) is 2.74. The van der Waals surface area contributed by atoms with Gasteiger partial charge in [0.05, 0.1) is 32.2 Å². The monoisotopic (exact) mass is 320 g/mol. The van der Waals surface area contributed by atoms with Crippen LogP contribution in [0, 0.1) is 12.3 Å². The van der Waals surface area contributed by atoms with Crippen molar-refractivity contribution in [2.24, 2.45) is 0 Å². The average molecular weight is 320 g/mol. The fraction of sp³-hybridized carbons (Fsp3) is 0.600. The molecule has 0 spiro atoms. The van der Waals surface area contributed by atoms with Gasteiger partial charge in [-0.3, -0.25) is 38.8 Å². The molecular formula is C15H20N4O4. The van der Waals surface area contributed by atoms with Gasteiger partial charge in [-0.2, -0.15) is 0 Å². The number of imide groups is 2. The lowest BCUT2D eigenvalue weighted by Crippen LogP contribution is -2.62. The molecule has 8 nitrogen and oxygen atoms in total. The highest BCUT2D eigenvalue weighted by atomic mass is 16.2. The maximum Gasteiger partial charge on any atom is 0.243 e. The molecule has 0 N–H and O–H groups in total. The van der Waals surface area contributed by atoms with E-state index in [4.69, 9.17) is 6.42 Å². The average Bonchev–Trinajstić information content (AvgIpc) is 2.50. The molecule has 0 saturated carbocycles. The molecule has 0 aromatic heterocycles. The van der Waals surface area contributed by atoms with Gasteiger partial charge in [0.25, 0.3) is 0 Å². The van der Waals surface area contributed by atoms with Gasteiger partial charge in [-0.1, -0.05) is 5.92 Å². The van der Waals surface area contributed by atoms with Gasteiger partial charge in [0.1, 0.15) is 0 Å². The Morgan fingerprint density at radius 3 is 1.52 bits per heavy atom. The van der Waals surface area contributed by atoms with E-state index in [9.17, 15) is 19.2 Å². The number of carbonyl (C=O) groups is 4. The first-order valence-corrected chi connectivity index (χ1v) is 7.29. The summed E-state index contributed by atoms with van der Waals surface area (Å²) in [6.07, 6.45) is 5.60. The number of piperazine rings is 2. The van der Waals surface area contributed by atoms with Gasteiger partial charge >= 0.3 is 0 Å². The van der Waals surface area contributed by atoms with Crippen LogP contribution in [0.3, 0.4) is 0 Å². The third-order valence-electron chi connectivity index (χ3n) is 4.45. The van der Waals surface area contributed by atoms with Gasteiger partial charge in [0.2, 0.25) is 23.6 Å². The van der Waals surface area contributed by atoms with Crippen molar-refractivity contribution in [1.82, 2.24) is 19.6 Å². The maximum atomic E-state index is 11.8. The zero-order valence-corrected chi connectivity index (χ0v) is 13.5. The second-order valence-corrected chi connectivity index (χ2v) is 5.86. The van der Waals surface area contributed by atoms with E-state index in [-0.39, 0.29) is 55.8 Å². The lowest BCUT2D eigenvalue weighted by atomic mass is 10.0. The van der Waals surface area contributed by atoms with E-state index in [0.29, 0.717) is 0 Å². The van der Waals surface area contributed by atoms with Gasteiger partial charge < -0.3 is 0 Å². The summed E-state index contributed by atoms with van der Waals surface area (Å²) in [6.45, 7) is 2.03. The normalized spacial score (nSPS) is 23.9. The lowest BCUT2D eigenvalue weighted by Gasteiger charge is -2.41. The third-order valence-corrected chi connectivity index (χ3v) is 4.45. The van der Waals surface area contributed by atoms with Crippen LogP contribution in [0.1, 0.15) is 6.92 Å². The van der Waals surface area contributed by atoms with E-state index in [0.717, 1.165) is 9.80 Å². The topological polar surface area (TPSA) is 81.2 Å². The van der Waals surface area contributed by atoms with Crippen LogP contribution in [0.25, 0.3) is 0 Å². The Bertz CT molecular complexity index is 561. The van der Waals surface area contributed by atoms with Crippen LogP contribution in [0.5, 0.6) is 0 Å². The minimum Gasteiger partial charge on any atom is -0.284 e. The Kier molecular flexibility index (Phi) is 4.82. The molecule has 2 rings (SSSR count). The highest BCUT2D eigenvalue weighted by molar-refractivity contribution is 5.99. The molecule has 2 aliphatic heterocycles. The second-order valence-electron chi connectivity index (χ2n) is 5.86. The van der Waals surface area contributed by atoms with E-state index in [2.05, 4.69) is 5.92 Å². The van der Waals surface area contributed by atoms with Crippen molar-refractivity contribution in [3.8, 4) is 12.3 Å². The smallest absolute Gasteiger partial charge is 0.243 e. The molecule has 0 aliphatic carbocycles. The number of nitrogens with zero attached hydrogens (tertiary/aromatic N) is 4. The van der Waals surface area contributed by atoms with Crippen LogP contribution < -0.4 is 0 Å². The number of rotatable bonds is 3. The van der Waals surface area contributed by atoms with E-state index in [1.807, 2.05) is 0 Å². The highest BCUT2D eigenvalue weighted by Gasteiger charge is 2.38. The summed E-state index contributed by atoms with van der Waals surface area (Å²) >= 11 is 0. The second kappa shape index (κ2) is 6.48. The predicted molar refractivity (Wildman–Crippen MR) is 80.8 cm³/mol. The summed E-state index contributed by atoms with van der Waals surface area (Å²) in [5, 5.41) is 0. The molecule has 0 aromatic rings. The number of hydrogen-bond donors (Lipinski definition) is 0. The van der Waals surface area contributed by atoms with E-state index in [1.165, 1.54) is 14.1 Å².